The lowest BCUT2D eigenvalue weighted by Gasteiger charge is -2.21. The number of methoxy groups -OCH3 is 1. The molecule has 1 aromatic rings. The first-order valence-electron chi connectivity index (χ1n) is 7.57. The van der Waals surface area contributed by atoms with Gasteiger partial charge in [0, 0.05) is 33.1 Å². The molecule has 0 N–H and O–H groups in total. The number of carbonyl (C=O) groups is 1. The Morgan fingerprint density at radius 3 is 2.73 bits per heavy atom. The molecular formula is C17H22N2O3. The van der Waals surface area contributed by atoms with Crippen molar-refractivity contribution < 1.29 is 14.3 Å². The largest absolute Gasteiger partial charge is 0.497 e. The van der Waals surface area contributed by atoms with Crippen LogP contribution in [0, 0.1) is 0 Å². The topological polar surface area (TPSA) is 42.0 Å². The van der Waals surface area contributed by atoms with Crippen LogP contribution in [-0.4, -0.2) is 61.8 Å². The molecule has 0 radical (unpaired) electrons. The summed E-state index contributed by atoms with van der Waals surface area (Å²) in [5.74, 6) is 0.866. The molecule has 0 aliphatic carbocycles. The molecule has 0 bridgehead atoms. The van der Waals surface area contributed by atoms with Gasteiger partial charge in [0.05, 0.1) is 13.7 Å². The summed E-state index contributed by atoms with van der Waals surface area (Å²) in [4.78, 5) is 15.5. The molecule has 1 spiro atoms. The number of benzene rings is 1. The fourth-order valence-electron chi connectivity index (χ4n) is 3.14. The van der Waals surface area contributed by atoms with E-state index in [0.29, 0.717) is 6.54 Å². The molecule has 118 valence electrons. The maximum absolute atomic E-state index is 11.6. The van der Waals surface area contributed by atoms with Crippen LogP contribution in [0.25, 0.3) is 6.08 Å². The highest BCUT2D eigenvalue weighted by molar-refractivity contribution is 5.70. The number of rotatable bonds is 4. The predicted molar refractivity (Wildman–Crippen MR) is 84.9 cm³/mol. The first-order chi connectivity index (χ1) is 10.6. The Balaban J connectivity index is 1.52. The molecule has 5 nitrogen and oxygen atoms in total. The fourth-order valence-corrected chi connectivity index (χ4v) is 3.14. The minimum absolute atomic E-state index is 0.198. The Labute approximate surface area is 131 Å². The summed E-state index contributed by atoms with van der Waals surface area (Å²) < 4.78 is 10.7. The highest BCUT2D eigenvalue weighted by Crippen LogP contribution is 2.31. The van der Waals surface area contributed by atoms with Crippen molar-refractivity contribution in [2.75, 3.05) is 40.3 Å². The molecule has 0 aromatic heterocycles. The van der Waals surface area contributed by atoms with Crippen molar-refractivity contribution in [2.24, 2.45) is 0 Å². The maximum atomic E-state index is 11.6. The summed E-state index contributed by atoms with van der Waals surface area (Å²) in [6, 6.07) is 7.99. The summed E-state index contributed by atoms with van der Waals surface area (Å²) >= 11 is 0. The number of hydrogen-bond donors (Lipinski definition) is 0. The lowest BCUT2D eigenvalue weighted by Crippen LogP contribution is -2.37. The van der Waals surface area contributed by atoms with E-state index in [-0.39, 0.29) is 11.7 Å². The van der Waals surface area contributed by atoms with Gasteiger partial charge in [-0.3, -0.25) is 4.90 Å². The van der Waals surface area contributed by atoms with Gasteiger partial charge in [0.1, 0.15) is 11.4 Å². The smallest absolute Gasteiger partial charge is 0.410 e. The fraction of sp³-hybridized carbons (Fsp3) is 0.471. The number of likely N-dealkylation sites (N-methyl/N-ethyl adjacent to an activating group) is 1. The molecule has 1 aromatic carbocycles. The van der Waals surface area contributed by atoms with Crippen LogP contribution in [-0.2, 0) is 4.74 Å². The van der Waals surface area contributed by atoms with Crippen molar-refractivity contribution in [3.05, 3.63) is 35.9 Å². The summed E-state index contributed by atoms with van der Waals surface area (Å²) in [5, 5.41) is 0. The number of ether oxygens (including phenoxy) is 2. The molecule has 2 aliphatic rings. The van der Waals surface area contributed by atoms with Crippen LogP contribution in [0.5, 0.6) is 5.75 Å². The van der Waals surface area contributed by atoms with Gasteiger partial charge in [-0.05, 0) is 17.7 Å². The molecule has 2 aliphatic heterocycles. The van der Waals surface area contributed by atoms with E-state index in [1.54, 1.807) is 19.1 Å². The van der Waals surface area contributed by atoms with Crippen LogP contribution in [0.4, 0.5) is 4.79 Å². The number of carbonyl (C=O) groups excluding carboxylic acids is 1. The van der Waals surface area contributed by atoms with Gasteiger partial charge >= 0.3 is 6.09 Å². The molecule has 5 heteroatoms. The molecule has 0 saturated carbocycles. The third-order valence-electron chi connectivity index (χ3n) is 4.33. The Hall–Kier alpha value is -2.01. The van der Waals surface area contributed by atoms with Gasteiger partial charge in [-0.2, -0.15) is 0 Å². The Morgan fingerprint density at radius 1 is 1.32 bits per heavy atom. The van der Waals surface area contributed by atoms with Crippen molar-refractivity contribution in [1.29, 1.82) is 0 Å². The summed E-state index contributed by atoms with van der Waals surface area (Å²) in [7, 11) is 3.46. The SMILES string of the molecule is COc1ccc(/C=C/CN2CC[C@]3(C2)CN(C)C(=O)O3)cc1. The van der Waals surface area contributed by atoms with Crippen LogP contribution in [0.3, 0.4) is 0 Å². The lowest BCUT2D eigenvalue weighted by atomic mass is 10.0. The third kappa shape index (κ3) is 3.09. The van der Waals surface area contributed by atoms with Crippen molar-refractivity contribution in [1.82, 2.24) is 9.80 Å². The normalized spacial score (nSPS) is 25.4. The number of amides is 1. The average molecular weight is 302 g/mol. The second-order valence-corrected chi connectivity index (χ2v) is 6.07. The highest BCUT2D eigenvalue weighted by Gasteiger charge is 2.48. The molecule has 0 unspecified atom stereocenters. The van der Waals surface area contributed by atoms with E-state index >= 15 is 0 Å². The van der Waals surface area contributed by atoms with Gasteiger partial charge in [-0.15, -0.1) is 0 Å². The summed E-state index contributed by atoms with van der Waals surface area (Å²) in [6.07, 6.45) is 4.98. The van der Waals surface area contributed by atoms with E-state index in [0.717, 1.165) is 37.4 Å². The van der Waals surface area contributed by atoms with E-state index in [1.165, 1.54) is 0 Å². The molecular weight excluding hydrogens is 280 g/mol. The zero-order valence-electron chi connectivity index (χ0n) is 13.1. The quantitative estimate of drug-likeness (QED) is 0.855. The summed E-state index contributed by atoms with van der Waals surface area (Å²) in [5.41, 5.74) is 0.863. The van der Waals surface area contributed by atoms with Gasteiger partial charge in [-0.25, -0.2) is 4.79 Å². The van der Waals surface area contributed by atoms with Crippen LogP contribution in [0.15, 0.2) is 30.3 Å². The number of hydrogen-bond acceptors (Lipinski definition) is 4. The maximum Gasteiger partial charge on any atom is 0.410 e. The molecule has 22 heavy (non-hydrogen) atoms. The van der Waals surface area contributed by atoms with Gasteiger partial charge in [0.25, 0.3) is 0 Å². The molecule has 3 rings (SSSR count). The molecule has 2 saturated heterocycles. The molecule has 2 heterocycles. The monoisotopic (exact) mass is 302 g/mol. The molecule has 1 amide bonds. The number of likely N-dealkylation sites (tertiary alicyclic amines) is 1. The van der Waals surface area contributed by atoms with E-state index in [9.17, 15) is 4.79 Å². The third-order valence-corrected chi connectivity index (χ3v) is 4.33. The first-order valence-corrected chi connectivity index (χ1v) is 7.57. The van der Waals surface area contributed by atoms with Crippen LogP contribution in [0.1, 0.15) is 12.0 Å². The minimum atomic E-state index is -0.292. The summed E-state index contributed by atoms with van der Waals surface area (Å²) in [6.45, 7) is 3.35. The van der Waals surface area contributed by atoms with E-state index in [1.807, 2.05) is 24.3 Å². The van der Waals surface area contributed by atoms with Crippen LogP contribution >= 0.6 is 0 Å². The van der Waals surface area contributed by atoms with Crippen LogP contribution in [0.2, 0.25) is 0 Å². The molecule has 2 fully saturated rings. The van der Waals surface area contributed by atoms with E-state index in [4.69, 9.17) is 9.47 Å². The first kappa shape index (κ1) is 14.9. The van der Waals surface area contributed by atoms with Crippen molar-refractivity contribution in [2.45, 2.75) is 12.0 Å². The Morgan fingerprint density at radius 2 is 2.09 bits per heavy atom. The van der Waals surface area contributed by atoms with Crippen molar-refractivity contribution in [3.63, 3.8) is 0 Å². The van der Waals surface area contributed by atoms with Gasteiger partial charge < -0.3 is 14.4 Å². The zero-order valence-corrected chi connectivity index (χ0v) is 13.1. The van der Waals surface area contributed by atoms with E-state index in [2.05, 4.69) is 17.1 Å². The molecule has 1 atom stereocenters. The Bertz CT molecular complexity index is 570. The minimum Gasteiger partial charge on any atom is -0.497 e. The zero-order chi connectivity index (χ0) is 15.6. The van der Waals surface area contributed by atoms with Crippen LogP contribution < -0.4 is 4.74 Å². The Kier molecular flexibility index (Phi) is 4.07. The average Bonchev–Trinajstić information content (AvgIpc) is 3.03. The van der Waals surface area contributed by atoms with Gasteiger partial charge in [-0.1, -0.05) is 24.3 Å². The van der Waals surface area contributed by atoms with E-state index < -0.39 is 0 Å². The van der Waals surface area contributed by atoms with Crippen molar-refractivity contribution in [3.8, 4) is 5.75 Å². The van der Waals surface area contributed by atoms with Crippen molar-refractivity contribution >= 4 is 12.2 Å². The lowest BCUT2D eigenvalue weighted by molar-refractivity contribution is 0.0644. The second-order valence-electron chi connectivity index (χ2n) is 6.07. The predicted octanol–water partition coefficient (Wildman–Crippen LogP) is 2.23. The number of nitrogens with zero attached hydrogens (tertiary/aromatic N) is 2. The standard InChI is InChI=1S/C17H22N2O3/c1-18-12-17(22-16(18)20)9-11-19(13-17)10-3-4-14-5-7-15(21-2)8-6-14/h3-8H,9-13H2,1-2H3/b4-3+/t17-/m1/s1. The highest BCUT2D eigenvalue weighted by atomic mass is 16.6. The van der Waals surface area contributed by atoms with Gasteiger partial charge in [0.15, 0.2) is 0 Å². The second kappa shape index (κ2) is 6.01. The van der Waals surface area contributed by atoms with Gasteiger partial charge in [0.2, 0.25) is 0 Å².